The summed E-state index contributed by atoms with van der Waals surface area (Å²) in [4.78, 5) is 23.8. The number of rotatable bonds is 7. The third-order valence-corrected chi connectivity index (χ3v) is 5.66. The van der Waals surface area contributed by atoms with Crippen LogP contribution in [-0.2, 0) is 10.4 Å². The van der Waals surface area contributed by atoms with E-state index in [4.69, 9.17) is 16.7 Å². The molecule has 2 aromatic rings. The minimum atomic E-state index is -0.801. The number of carboxylic acid groups (broad SMARTS) is 1. The molecule has 1 aliphatic heterocycles. The van der Waals surface area contributed by atoms with E-state index in [9.17, 15) is 19.1 Å². The Balaban J connectivity index is 0.000000614. The van der Waals surface area contributed by atoms with E-state index in [2.05, 4.69) is 4.90 Å². The maximum Gasteiger partial charge on any atom is 0.303 e. The number of aliphatic hydroxyl groups is 1. The molecule has 168 valence electrons. The van der Waals surface area contributed by atoms with Crippen LogP contribution in [0.3, 0.4) is 0 Å². The van der Waals surface area contributed by atoms with Crippen molar-refractivity contribution in [2.45, 2.75) is 44.6 Å². The van der Waals surface area contributed by atoms with E-state index >= 15 is 0 Å². The van der Waals surface area contributed by atoms with E-state index < -0.39 is 11.6 Å². The van der Waals surface area contributed by atoms with E-state index in [0.29, 0.717) is 29.8 Å². The third-order valence-electron chi connectivity index (χ3n) is 5.41. The summed E-state index contributed by atoms with van der Waals surface area (Å²) in [6, 6.07) is 13.1. The molecule has 0 aromatic heterocycles. The van der Waals surface area contributed by atoms with Gasteiger partial charge in [0, 0.05) is 36.5 Å². The molecule has 1 aliphatic rings. The molecule has 0 radical (unpaired) electrons. The summed E-state index contributed by atoms with van der Waals surface area (Å²) in [5.74, 6) is -1.03. The van der Waals surface area contributed by atoms with Gasteiger partial charge in [0.2, 0.25) is 0 Å². The number of carbonyl (C=O) groups is 2. The minimum Gasteiger partial charge on any atom is -0.481 e. The second-order valence-corrected chi connectivity index (χ2v) is 8.10. The number of benzene rings is 2. The molecule has 0 aliphatic carbocycles. The monoisotopic (exact) mass is 449 g/mol. The number of aliphatic carboxylic acids is 1. The Morgan fingerprint density at radius 2 is 1.61 bits per heavy atom. The zero-order valence-corrected chi connectivity index (χ0v) is 18.4. The van der Waals surface area contributed by atoms with Gasteiger partial charge in [-0.15, -0.1) is 0 Å². The first kappa shape index (κ1) is 25.0. The molecule has 5 nitrogen and oxygen atoms in total. The third kappa shape index (κ3) is 8.05. The minimum absolute atomic E-state index is 0.0414. The van der Waals surface area contributed by atoms with Gasteiger partial charge in [-0.2, -0.15) is 0 Å². The molecule has 0 atom stereocenters. The van der Waals surface area contributed by atoms with E-state index in [0.717, 1.165) is 31.6 Å². The molecule has 0 amide bonds. The summed E-state index contributed by atoms with van der Waals surface area (Å²) in [5.41, 5.74) is 0.667. The Morgan fingerprint density at radius 3 is 2.13 bits per heavy atom. The average molecular weight is 450 g/mol. The summed E-state index contributed by atoms with van der Waals surface area (Å²) in [5, 5.41) is 19.3. The number of hydrogen-bond donors (Lipinski definition) is 2. The summed E-state index contributed by atoms with van der Waals surface area (Å²) >= 11 is 5.92. The highest BCUT2D eigenvalue weighted by Crippen LogP contribution is 2.33. The molecular formula is C24H29ClFNO4. The number of nitrogens with zero attached hydrogens (tertiary/aromatic N) is 1. The second-order valence-electron chi connectivity index (χ2n) is 7.66. The van der Waals surface area contributed by atoms with Gasteiger partial charge in [-0.05, 0) is 67.8 Å². The first-order valence-corrected chi connectivity index (χ1v) is 10.8. The van der Waals surface area contributed by atoms with E-state index in [-0.39, 0.29) is 18.0 Å². The molecule has 1 fully saturated rings. The summed E-state index contributed by atoms with van der Waals surface area (Å²) < 4.78 is 12.9. The Hall–Kier alpha value is -2.28. The maximum absolute atomic E-state index is 12.9. The Morgan fingerprint density at radius 1 is 1.06 bits per heavy atom. The second kappa shape index (κ2) is 11.9. The molecule has 0 bridgehead atoms. The SMILES string of the molecule is CCC(=O)O.O=C(CCCN1CCC(O)(c2ccc(Cl)cc2)CC1)c1ccc(F)cc1. The quantitative estimate of drug-likeness (QED) is 0.587. The van der Waals surface area contributed by atoms with Gasteiger partial charge in [-0.3, -0.25) is 9.59 Å². The Bertz CT molecular complexity index is 847. The van der Waals surface area contributed by atoms with E-state index in [1.54, 1.807) is 6.92 Å². The standard InChI is InChI=1S/C21H23ClFNO2.C3H6O2/c22-18-7-5-17(6-8-18)21(26)11-14-24(15-12-21)13-1-2-20(25)16-3-9-19(23)10-4-16;1-2-3(4)5/h3-10,26H,1-2,11-15H2;2H2,1H3,(H,4,5). The number of hydrogen-bond acceptors (Lipinski definition) is 4. The van der Waals surface area contributed by atoms with Crippen molar-refractivity contribution in [3.05, 3.63) is 70.5 Å². The largest absolute Gasteiger partial charge is 0.481 e. The number of ketones is 1. The highest BCUT2D eigenvalue weighted by atomic mass is 35.5. The van der Waals surface area contributed by atoms with Crippen LogP contribution in [0.1, 0.15) is 54.9 Å². The highest BCUT2D eigenvalue weighted by molar-refractivity contribution is 6.30. The van der Waals surface area contributed by atoms with Gasteiger partial charge in [-0.25, -0.2) is 4.39 Å². The van der Waals surface area contributed by atoms with Crippen LogP contribution >= 0.6 is 11.6 Å². The van der Waals surface area contributed by atoms with Crippen molar-refractivity contribution in [3.63, 3.8) is 0 Å². The molecule has 0 saturated carbocycles. The molecule has 1 saturated heterocycles. The molecule has 31 heavy (non-hydrogen) atoms. The van der Waals surface area contributed by atoms with Crippen molar-refractivity contribution in [1.82, 2.24) is 4.90 Å². The molecule has 1 heterocycles. The number of Topliss-reactive ketones (excluding diaryl/α,β-unsaturated/α-hetero) is 1. The van der Waals surface area contributed by atoms with Crippen LogP contribution in [-0.4, -0.2) is 46.5 Å². The predicted molar refractivity (Wildman–Crippen MR) is 119 cm³/mol. The van der Waals surface area contributed by atoms with Crippen molar-refractivity contribution in [2.75, 3.05) is 19.6 Å². The van der Waals surface area contributed by atoms with Gasteiger partial charge in [-0.1, -0.05) is 30.7 Å². The lowest BCUT2D eigenvalue weighted by molar-refractivity contribution is -0.136. The lowest BCUT2D eigenvalue weighted by atomic mass is 9.84. The van der Waals surface area contributed by atoms with Gasteiger partial charge < -0.3 is 15.1 Å². The fraction of sp³-hybridized carbons (Fsp3) is 0.417. The van der Waals surface area contributed by atoms with Gasteiger partial charge in [0.1, 0.15) is 5.82 Å². The van der Waals surface area contributed by atoms with Crippen LogP contribution in [0.25, 0.3) is 0 Å². The molecule has 2 N–H and O–H groups in total. The zero-order chi connectivity index (χ0) is 22.9. The fourth-order valence-electron chi connectivity index (χ4n) is 3.44. The topological polar surface area (TPSA) is 77.8 Å². The number of carbonyl (C=O) groups excluding carboxylic acids is 1. The molecule has 3 rings (SSSR count). The van der Waals surface area contributed by atoms with E-state index in [1.165, 1.54) is 24.3 Å². The Labute approximate surface area is 187 Å². The van der Waals surface area contributed by atoms with E-state index in [1.807, 2.05) is 24.3 Å². The van der Waals surface area contributed by atoms with Crippen molar-refractivity contribution in [3.8, 4) is 0 Å². The van der Waals surface area contributed by atoms with Gasteiger partial charge in [0.15, 0.2) is 5.78 Å². The lowest BCUT2D eigenvalue weighted by Gasteiger charge is -2.38. The molecule has 2 aromatic carbocycles. The average Bonchev–Trinajstić information content (AvgIpc) is 2.76. The highest BCUT2D eigenvalue weighted by Gasteiger charge is 2.33. The molecule has 0 spiro atoms. The van der Waals surface area contributed by atoms with Crippen molar-refractivity contribution < 1.29 is 24.2 Å². The first-order valence-electron chi connectivity index (χ1n) is 10.4. The number of carboxylic acids is 1. The van der Waals surface area contributed by atoms with Crippen LogP contribution in [0, 0.1) is 5.82 Å². The number of likely N-dealkylation sites (tertiary alicyclic amines) is 1. The fourth-order valence-corrected chi connectivity index (χ4v) is 3.56. The smallest absolute Gasteiger partial charge is 0.303 e. The summed E-state index contributed by atoms with van der Waals surface area (Å²) in [7, 11) is 0. The van der Waals surface area contributed by atoms with Crippen LogP contribution in [0.4, 0.5) is 4.39 Å². The summed E-state index contributed by atoms with van der Waals surface area (Å²) in [6.07, 6.45) is 2.76. The van der Waals surface area contributed by atoms with Gasteiger partial charge in [0.05, 0.1) is 5.60 Å². The first-order chi connectivity index (χ1) is 14.7. The summed E-state index contributed by atoms with van der Waals surface area (Å²) in [6.45, 7) is 4.01. The van der Waals surface area contributed by atoms with Crippen molar-refractivity contribution in [1.29, 1.82) is 0 Å². The number of piperidine rings is 1. The Kier molecular flexibility index (Phi) is 9.62. The van der Waals surface area contributed by atoms with Crippen molar-refractivity contribution >= 4 is 23.4 Å². The van der Waals surface area contributed by atoms with Gasteiger partial charge in [0.25, 0.3) is 0 Å². The van der Waals surface area contributed by atoms with Crippen LogP contribution in [0.15, 0.2) is 48.5 Å². The zero-order valence-electron chi connectivity index (χ0n) is 17.7. The van der Waals surface area contributed by atoms with Crippen LogP contribution in [0.2, 0.25) is 5.02 Å². The molecular weight excluding hydrogens is 421 g/mol. The predicted octanol–water partition coefficient (Wildman–Crippen LogP) is 4.91. The molecule has 7 heteroatoms. The normalized spacial score (nSPS) is 15.6. The number of halogens is 2. The van der Waals surface area contributed by atoms with Crippen LogP contribution < -0.4 is 0 Å². The molecule has 0 unspecified atom stereocenters. The lowest BCUT2D eigenvalue weighted by Crippen LogP contribution is -2.42. The van der Waals surface area contributed by atoms with Crippen molar-refractivity contribution in [2.24, 2.45) is 0 Å². The van der Waals surface area contributed by atoms with Gasteiger partial charge >= 0.3 is 5.97 Å². The van der Waals surface area contributed by atoms with Crippen LogP contribution in [0.5, 0.6) is 0 Å². The maximum atomic E-state index is 12.9.